The number of nitrogens with zero attached hydrogens (tertiary/aromatic N) is 1. The van der Waals surface area contributed by atoms with E-state index < -0.39 is 0 Å². The molecule has 1 heterocycles. The van der Waals surface area contributed by atoms with Gasteiger partial charge in [0.15, 0.2) is 0 Å². The normalized spacial score (nSPS) is 27.1. The van der Waals surface area contributed by atoms with Gasteiger partial charge in [0.25, 0.3) is 5.19 Å². The summed E-state index contributed by atoms with van der Waals surface area (Å²) in [6, 6.07) is 8.25. The van der Waals surface area contributed by atoms with Crippen LogP contribution < -0.4 is 4.74 Å². The third-order valence-electron chi connectivity index (χ3n) is 4.59. The number of hydrogen-bond donors (Lipinski definition) is 0. The minimum atomic E-state index is 0.348. The van der Waals surface area contributed by atoms with Gasteiger partial charge in [-0.3, -0.25) is 0 Å². The minimum Gasteiger partial charge on any atom is -0.467 e. The standard InChI is InChI=1S/C17H23NOS/c1-11(2)14-9-8-13(10-12(14)3)19-17-18-15-6-4-5-7-16(15)20-17/h4-7,11-14H,8-10H2,1-3H3. The van der Waals surface area contributed by atoms with Crippen molar-refractivity contribution in [3.63, 3.8) is 0 Å². The fourth-order valence-corrected chi connectivity index (χ4v) is 4.39. The van der Waals surface area contributed by atoms with E-state index in [0.29, 0.717) is 6.10 Å². The Labute approximate surface area is 125 Å². The second-order valence-corrected chi connectivity index (χ2v) is 7.38. The molecule has 0 amide bonds. The number of aromatic nitrogens is 1. The maximum Gasteiger partial charge on any atom is 0.274 e. The molecule has 3 unspecified atom stereocenters. The predicted octanol–water partition coefficient (Wildman–Crippen LogP) is 5.14. The average molecular weight is 289 g/mol. The first-order chi connectivity index (χ1) is 9.63. The molecule has 1 aromatic heterocycles. The number of fused-ring (bicyclic) bond motifs is 1. The van der Waals surface area contributed by atoms with Crippen molar-refractivity contribution in [2.24, 2.45) is 17.8 Å². The molecule has 20 heavy (non-hydrogen) atoms. The third-order valence-corrected chi connectivity index (χ3v) is 5.51. The topological polar surface area (TPSA) is 22.1 Å². The second-order valence-electron chi connectivity index (χ2n) is 6.39. The number of benzene rings is 1. The summed E-state index contributed by atoms with van der Waals surface area (Å²) in [5.41, 5.74) is 1.05. The van der Waals surface area contributed by atoms with Gasteiger partial charge in [-0.15, -0.1) is 0 Å². The summed E-state index contributed by atoms with van der Waals surface area (Å²) in [5.74, 6) is 2.39. The zero-order valence-corrected chi connectivity index (χ0v) is 13.3. The lowest BCUT2D eigenvalue weighted by atomic mass is 9.73. The molecule has 0 saturated heterocycles. The van der Waals surface area contributed by atoms with Crippen LogP contribution in [-0.2, 0) is 0 Å². The summed E-state index contributed by atoms with van der Waals surface area (Å²) < 4.78 is 7.36. The van der Waals surface area contributed by atoms with Crippen LogP contribution in [-0.4, -0.2) is 11.1 Å². The summed E-state index contributed by atoms with van der Waals surface area (Å²) in [4.78, 5) is 4.58. The highest BCUT2D eigenvalue weighted by molar-refractivity contribution is 7.20. The van der Waals surface area contributed by atoms with Crippen LogP contribution in [0.5, 0.6) is 5.19 Å². The summed E-state index contributed by atoms with van der Waals surface area (Å²) in [6.45, 7) is 7.06. The van der Waals surface area contributed by atoms with Crippen molar-refractivity contribution in [1.82, 2.24) is 4.98 Å². The lowest BCUT2D eigenvalue weighted by Crippen LogP contribution is -2.32. The lowest BCUT2D eigenvalue weighted by molar-refractivity contribution is 0.0761. The first-order valence-corrected chi connectivity index (χ1v) is 8.47. The van der Waals surface area contributed by atoms with E-state index in [9.17, 15) is 0 Å². The zero-order valence-electron chi connectivity index (χ0n) is 12.5. The first kappa shape index (κ1) is 13.9. The Bertz CT molecular complexity index is 544. The molecule has 3 heteroatoms. The quantitative estimate of drug-likeness (QED) is 0.781. The molecule has 3 atom stereocenters. The first-order valence-electron chi connectivity index (χ1n) is 7.65. The molecule has 1 fully saturated rings. The summed E-state index contributed by atoms with van der Waals surface area (Å²) in [6.07, 6.45) is 3.97. The van der Waals surface area contributed by atoms with E-state index in [1.54, 1.807) is 11.3 Å². The second kappa shape index (κ2) is 5.72. The summed E-state index contributed by atoms with van der Waals surface area (Å²) in [5, 5.41) is 0.839. The SMILES string of the molecule is CC(C)C1CCC(Oc2nc3ccccc3s2)CC1C. The molecule has 1 saturated carbocycles. The Hall–Kier alpha value is -1.09. The van der Waals surface area contributed by atoms with E-state index in [0.717, 1.165) is 28.5 Å². The molecule has 3 rings (SSSR count). The van der Waals surface area contributed by atoms with Gasteiger partial charge in [0.2, 0.25) is 0 Å². The van der Waals surface area contributed by atoms with Crippen molar-refractivity contribution in [3.05, 3.63) is 24.3 Å². The van der Waals surface area contributed by atoms with Crippen LogP contribution >= 0.6 is 11.3 Å². The van der Waals surface area contributed by atoms with Gasteiger partial charge in [0.1, 0.15) is 6.10 Å². The van der Waals surface area contributed by atoms with Crippen LogP contribution in [0, 0.1) is 17.8 Å². The fraction of sp³-hybridized carbons (Fsp3) is 0.588. The van der Waals surface area contributed by atoms with Crippen LogP contribution in [0.3, 0.4) is 0 Å². The van der Waals surface area contributed by atoms with Crippen LogP contribution in [0.15, 0.2) is 24.3 Å². The Morgan fingerprint density at radius 3 is 2.75 bits per heavy atom. The molecule has 0 N–H and O–H groups in total. The molecule has 1 aromatic carbocycles. The molecule has 108 valence electrons. The van der Waals surface area contributed by atoms with Crippen molar-refractivity contribution in [1.29, 1.82) is 0 Å². The lowest BCUT2D eigenvalue weighted by Gasteiger charge is -2.36. The van der Waals surface area contributed by atoms with Gasteiger partial charge in [-0.2, -0.15) is 0 Å². The predicted molar refractivity (Wildman–Crippen MR) is 85.4 cm³/mol. The van der Waals surface area contributed by atoms with E-state index in [2.05, 4.69) is 44.0 Å². The van der Waals surface area contributed by atoms with E-state index in [1.807, 2.05) is 6.07 Å². The Morgan fingerprint density at radius 1 is 1.25 bits per heavy atom. The number of ether oxygens (including phenoxy) is 1. The molecular formula is C17H23NOS. The van der Waals surface area contributed by atoms with Crippen LogP contribution in [0.1, 0.15) is 40.0 Å². The molecule has 2 nitrogen and oxygen atoms in total. The molecular weight excluding hydrogens is 266 g/mol. The number of thiazole rings is 1. The van der Waals surface area contributed by atoms with Gasteiger partial charge in [0, 0.05) is 0 Å². The van der Waals surface area contributed by atoms with Crippen LogP contribution in [0.25, 0.3) is 10.2 Å². The molecule has 1 aliphatic rings. The highest BCUT2D eigenvalue weighted by atomic mass is 32.1. The van der Waals surface area contributed by atoms with Gasteiger partial charge in [-0.05, 0) is 49.1 Å². The maximum absolute atomic E-state index is 6.15. The average Bonchev–Trinajstić information content (AvgIpc) is 2.80. The molecule has 0 bridgehead atoms. The maximum atomic E-state index is 6.15. The van der Waals surface area contributed by atoms with Crippen molar-refractivity contribution < 1.29 is 4.74 Å². The Morgan fingerprint density at radius 2 is 2.05 bits per heavy atom. The van der Waals surface area contributed by atoms with E-state index in [-0.39, 0.29) is 0 Å². The fourth-order valence-electron chi connectivity index (χ4n) is 3.51. The zero-order chi connectivity index (χ0) is 14.1. The van der Waals surface area contributed by atoms with Gasteiger partial charge in [-0.25, -0.2) is 4.98 Å². The van der Waals surface area contributed by atoms with Crippen molar-refractivity contribution in [2.75, 3.05) is 0 Å². The summed E-state index contributed by atoms with van der Waals surface area (Å²) in [7, 11) is 0. The van der Waals surface area contributed by atoms with E-state index in [1.165, 1.54) is 24.0 Å². The number of para-hydroxylation sites is 1. The van der Waals surface area contributed by atoms with Crippen molar-refractivity contribution in [2.45, 2.75) is 46.1 Å². The molecule has 0 spiro atoms. The molecule has 0 aliphatic heterocycles. The molecule has 0 radical (unpaired) electrons. The Balaban J connectivity index is 1.67. The molecule has 1 aliphatic carbocycles. The van der Waals surface area contributed by atoms with Crippen molar-refractivity contribution in [3.8, 4) is 5.19 Å². The van der Waals surface area contributed by atoms with E-state index >= 15 is 0 Å². The van der Waals surface area contributed by atoms with E-state index in [4.69, 9.17) is 4.74 Å². The van der Waals surface area contributed by atoms with Crippen LogP contribution in [0.2, 0.25) is 0 Å². The van der Waals surface area contributed by atoms with Gasteiger partial charge in [0.05, 0.1) is 10.2 Å². The Kier molecular flexibility index (Phi) is 3.97. The summed E-state index contributed by atoms with van der Waals surface area (Å²) >= 11 is 1.67. The highest BCUT2D eigenvalue weighted by Gasteiger charge is 2.30. The largest absolute Gasteiger partial charge is 0.467 e. The van der Waals surface area contributed by atoms with Gasteiger partial charge < -0.3 is 4.74 Å². The highest BCUT2D eigenvalue weighted by Crippen LogP contribution is 2.37. The molecule has 2 aromatic rings. The van der Waals surface area contributed by atoms with Gasteiger partial charge >= 0.3 is 0 Å². The van der Waals surface area contributed by atoms with Crippen LogP contribution in [0.4, 0.5) is 0 Å². The third kappa shape index (κ3) is 2.83. The van der Waals surface area contributed by atoms with Gasteiger partial charge in [-0.1, -0.05) is 44.2 Å². The smallest absolute Gasteiger partial charge is 0.274 e. The minimum absolute atomic E-state index is 0.348. The van der Waals surface area contributed by atoms with Crippen molar-refractivity contribution >= 4 is 21.6 Å². The monoisotopic (exact) mass is 289 g/mol. The number of rotatable bonds is 3. The number of hydrogen-bond acceptors (Lipinski definition) is 3.